The molecule has 0 radical (unpaired) electrons. The minimum Gasteiger partial charge on any atom is -0.224 e. The summed E-state index contributed by atoms with van der Waals surface area (Å²) in [5.74, 6) is -0.751. The number of hydrogen-bond donors (Lipinski definition) is 1. The molecule has 0 aromatic heterocycles. The molecule has 8 heteroatoms. The lowest BCUT2D eigenvalue weighted by Gasteiger charge is -2.10. The van der Waals surface area contributed by atoms with E-state index in [9.17, 15) is 21.2 Å². The van der Waals surface area contributed by atoms with Crippen molar-refractivity contribution in [3.8, 4) is 0 Å². The van der Waals surface area contributed by atoms with Gasteiger partial charge in [0, 0.05) is 12.8 Å². The van der Waals surface area contributed by atoms with Crippen LogP contribution in [-0.4, -0.2) is 29.6 Å². The predicted octanol–water partition coefficient (Wildman–Crippen LogP) is 1.55. The van der Waals surface area contributed by atoms with Crippen LogP contribution in [-0.2, 0) is 19.9 Å². The monoisotopic (exact) mass is 335 g/mol. The summed E-state index contributed by atoms with van der Waals surface area (Å²) in [6.07, 6.45) is 1.85. The number of rotatable bonds is 5. The molecule has 1 aliphatic carbocycles. The van der Waals surface area contributed by atoms with E-state index in [1.54, 1.807) is 0 Å². The average Bonchev–Trinajstić information content (AvgIpc) is 2.93. The third-order valence-corrected chi connectivity index (χ3v) is 6.41. The SMILES string of the molecule is CC1(C)CC1CNS(=O)(=O)c1cc(S(C)(=O)=O)ccc1F. The van der Waals surface area contributed by atoms with Crippen molar-refractivity contribution in [2.45, 2.75) is 30.1 Å². The van der Waals surface area contributed by atoms with Crippen molar-refractivity contribution in [1.82, 2.24) is 4.72 Å². The molecule has 21 heavy (non-hydrogen) atoms. The molecule has 1 saturated carbocycles. The molecule has 1 atom stereocenters. The Morgan fingerprint density at radius 2 is 1.86 bits per heavy atom. The van der Waals surface area contributed by atoms with Crippen LogP contribution in [0.2, 0.25) is 0 Å². The van der Waals surface area contributed by atoms with E-state index in [0.717, 1.165) is 30.9 Å². The smallest absolute Gasteiger partial charge is 0.224 e. The largest absolute Gasteiger partial charge is 0.243 e. The summed E-state index contributed by atoms with van der Waals surface area (Å²) in [5.41, 5.74) is 0.0929. The van der Waals surface area contributed by atoms with Gasteiger partial charge in [0.1, 0.15) is 10.7 Å². The fourth-order valence-electron chi connectivity index (χ4n) is 2.13. The van der Waals surface area contributed by atoms with Gasteiger partial charge < -0.3 is 0 Å². The summed E-state index contributed by atoms with van der Waals surface area (Å²) in [4.78, 5) is -0.861. The summed E-state index contributed by atoms with van der Waals surface area (Å²) < 4.78 is 63.2. The zero-order valence-electron chi connectivity index (χ0n) is 12.1. The molecule has 118 valence electrons. The van der Waals surface area contributed by atoms with Gasteiger partial charge in [-0.2, -0.15) is 0 Å². The Kier molecular flexibility index (Phi) is 3.92. The number of sulfonamides is 1. The molecule has 0 spiro atoms. The van der Waals surface area contributed by atoms with Gasteiger partial charge in [-0.15, -0.1) is 0 Å². The summed E-state index contributed by atoms with van der Waals surface area (Å²) in [5, 5.41) is 0. The summed E-state index contributed by atoms with van der Waals surface area (Å²) in [6.45, 7) is 4.27. The van der Waals surface area contributed by atoms with Crippen LogP contribution < -0.4 is 4.72 Å². The van der Waals surface area contributed by atoms with Crippen LogP contribution in [0, 0.1) is 17.2 Å². The maximum Gasteiger partial charge on any atom is 0.243 e. The van der Waals surface area contributed by atoms with Crippen molar-refractivity contribution < 1.29 is 21.2 Å². The molecule has 1 N–H and O–H groups in total. The lowest BCUT2D eigenvalue weighted by Crippen LogP contribution is -2.27. The lowest BCUT2D eigenvalue weighted by molar-refractivity contribution is 0.530. The van der Waals surface area contributed by atoms with Crippen molar-refractivity contribution in [2.75, 3.05) is 12.8 Å². The van der Waals surface area contributed by atoms with Crippen LogP contribution in [0.4, 0.5) is 4.39 Å². The van der Waals surface area contributed by atoms with Gasteiger partial charge >= 0.3 is 0 Å². The average molecular weight is 335 g/mol. The molecular formula is C13H18FNO4S2. The van der Waals surface area contributed by atoms with Gasteiger partial charge in [0.2, 0.25) is 10.0 Å². The van der Waals surface area contributed by atoms with E-state index < -0.39 is 30.6 Å². The highest BCUT2D eigenvalue weighted by Gasteiger charge is 2.45. The first kappa shape index (κ1) is 16.4. The highest BCUT2D eigenvalue weighted by molar-refractivity contribution is 7.91. The number of sulfone groups is 1. The van der Waals surface area contributed by atoms with Crippen molar-refractivity contribution in [1.29, 1.82) is 0 Å². The fourth-order valence-corrected chi connectivity index (χ4v) is 4.04. The Morgan fingerprint density at radius 3 is 2.33 bits per heavy atom. The van der Waals surface area contributed by atoms with Crippen LogP contribution in [0.3, 0.4) is 0 Å². The normalized spacial score (nSPS) is 21.2. The molecular weight excluding hydrogens is 317 g/mol. The molecule has 2 rings (SSSR count). The van der Waals surface area contributed by atoms with Crippen LogP contribution in [0.1, 0.15) is 20.3 Å². The molecule has 1 aromatic rings. The molecule has 0 heterocycles. The van der Waals surface area contributed by atoms with Gasteiger partial charge in [-0.25, -0.2) is 25.9 Å². The van der Waals surface area contributed by atoms with Crippen LogP contribution in [0.15, 0.2) is 28.0 Å². The van der Waals surface area contributed by atoms with Crippen LogP contribution >= 0.6 is 0 Å². The third kappa shape index (κ3) is 3.61. The Hall–Kier alpha value is -0.990. The van der Waals surface area contributed by atoms with E-state index >= 15 is 0 Å². The van der Waals surface area contributed by atoms with Gasteiger partial charge in [-0.3, -0.25) is 0 Å². The van der Waals surface area contributed by atoms with Crippen molar-refractivity contribution >= 4 is 19.9 Å². The second-order valence-corrected chi connectivity index (χ2v) is 9.86. The number of halogens is 1. The Labute approximate surface area is 124 Å². The van der Waals surface area contributed by atoms with E-state index in [4.69, 9.17) is 0 Å². The summed E-state index contributed by atoms with van der Waals surface area (Å²) >= 11 is 0. The van der Waals surface area contributed by atoms with Crippen molar-refractivity contribution in [3.05, 3.63) is 24.0 Å². The topological polar surface area (TPSA) is 80.3 Å². The Bertz CT molecular complexity index is 769. The first-order chi connectivity index (χ1) is 9.43. The predicted molar refractivity (Wildman–Crippen MR) is 76.6 cm³/mol. The fraction of sp³-hybridized carbons (Fsp3) is 0.538. The lowest BCUT2D eigenvalue weighted by atomic mass is 10.1. The molecule has 0 aliphatic heterocycles. The maximum atomic E-state index is 13.7. The number of hydrogen-bond acceptors (Lipinski definition) is 4. The minimum atomic E-state index is -4.07. The van der Waals surface area contributed by atoms with Crippen LogP contribution in [0.25, 0.3) is 0 Å². The first-order valence-electron chi connectivity index (χ1n) is 6.43. The highest BCUT2D eigenvalue weighted by atomic mass is 32.2. The minimum absolute atomic E-state index is 0.0929. The second-order valence-electron chi connectivity index (χ2n) is 6.11. The quantitative estimate of drug-likeness (QED) is 0.828. The standard InChI is InChI=1S/C13H18FNO4S2/c1-13(2)7-9(13)8-15-21(18,19)12-6-10(20(3,16)17)4-5-11(12)14/h4-6,9,15H,7-8H2,1-3H3. The molecule has 1 aliphatic rings. The first-order valence-corrected chi connectivity index (χ1v) is 9.80. The molecule has 0 amide bonds. The summed E-state index contributed by atoms with van der Waals surface area (Å²) in [6, 6.07) is 2.75. The zero-order chi connectivity index (χ0) is 16.1. The van der Waals surface area contributed by atoms with Gasteiger partial charge in [-0.1, -0.05) is 13.8 Å². The molecule has 5 nitrogen and oxygen atoms in total. The van der Waals surface area contributed by atoms with E-state index in [1.165, 1.54) is 0 Å². The highest BCUT2D eigenvalue weighted by Crippen LogP contribution is 2.51. The van der Waals surface area contributed by atoms with Crippen LogP contribution in [0.5, 0.6) is 0 Å². The zero-order valence-corrected chi connectivity index (χ0v) is 13.7. The maximum absolute atomic E-state index is 13.7. The van der Waals surface area contributed by atoms with E-state index in [-0.39, 0.29) is 22.8 Å². The van der Waals surface area contributed by atoms with Gasteiger partial charge in [0.25, 0.3) is 0 Å². The molecule has 1 fully saturated rings. The van der Waals surface area contributed by atoms with E-state index in [1.807, 2.05) is 13.8 Å². The molecule has 0 saturated heterocycles. The third-order valence-electron chi connectivity index (χ3n) is 3.86. The van der Waals surface area contributed by atoms with Crippen molar-refractivity contribution in [2.24, 2.45) is 11.3 Å². The Balaban J connectivity index is 2.27. The number of benzene rings is 1. The van der Waals surface area contributed by atoms with E-state index in [0.29, 0.717) is 0 Å². The van der Waals surface area contributed by atoms with Gasteiger partial charge in [0.05, 0.1) is 4.90 Å². The van der Waals surface area contributed by atoms with Gasteiger partial charge in [0.15, 0.2) is 9.84 Å². The second kappa shape index (κ2) is 5.03. The number of nitrogens with one attached hydrogen (secondary N) is 1. The van der Waals surface area contributed by atoms with Gasteiger partial charge in [-0.05, 0) is 36.0 Å². The molecule has 1 unspecified atom stereocenters. The van der Waals surface area contributed by atoms with Crippen molar-refractivity contribution in [3.63, 3.8) is 0 Å². The molecule has 0 bridgehead atoms. The summed E-state index contributed by atoms with van der Waals surface area (Å²) in [7, 11) is -7.67. The van der Waals surface area contributed by atoms with E-state index in [2.05, 4.69) is 4.72 Å². The molecule has 1 aromatic carbocycles. The Morgan fingerprint density at radius 1 is 1.29 bits per heavy atom.